The second-order valence-electron chi connectivity index (χ2n) is 6.47. The lowest BCUT2D eigenvalue weighted by atomic mass is 10.1. The average Bonchev–Trinajstić information content (AvgIpc) is 3.18. The fourth-order valence-corrected chi connectivity index (χ4v) is 4.14. The summed E-state index contributed by atoms with van der Waals surface area (Å²) in [6.45, 7) is 4.12. The summed E-state index contributed by atoms with van der Waals surface area (Å²) >= 11 is 9.60. The molecule has 1 saturated heterocycles. The number of fused-ring (bicyclic) bond motifs is 1. The second-order valence-corrected chi connectivity index (χ2v) is 7.62. The smallest absolute Gasteiger partial charge is 0.226 e. The minimum Gasteiger partial charge on any atom is -0.383 e. The minimum absolute atomic E-state index is 0.166. The van der Waals surface area contributed by atoms with Crippen molar-refractivity contribution < 1.29 is 0 Å². The van der Waals surface area contributed by atoms with Crippen molar-refractivity contribution in [2.75, 3.05) is 18.8 Å². The summed E-state index contributed by atoms with van der Waals surface area (Å²) in [6, 6.07) is 10.7. The van der Waals surface area contributed by atoms with E-state index in [0.29, 0.717) is 12.4 Å². The highest BCUT2D eigenvalue weighted by atomic mass is 79.9. The quantitative estimate of drug-likeness (QED) is 0.646. The Bertz CT molecular complexity index is 917. The molecule has 2 aromatic heterocycles. The molecule has 0 atom stereocenters. The van der Waals surface area contributed by atoms with Crippen molar-refractivity contribution in [3.63, 3.8) is 0 Å². The van der Waals surface area contributed by atoms with Crippen LogP contribution < -0.4 is 5.73 Å². The first kappa shape index (κ1) is 16.8. The number of nitrogens with zero attached hydrogens (tertiary/aromatic N) is 4. The summed E-state index contributed by atoms with van der Waals surface area (Å²) in [5.74, 6) is 0.400. The van der Waals surface area contributed by atoms with Crippen LogP contribution in [0.25, 0.3) is 11.0 Å². The molecule has 1 aliphatic heterocycles. The van der Waals surface area contributed by atoms with Gasteiger partial charge in [-0.25, -0.2) is 4.98 Å². The van der Waals surface area contributed by atoms with E-state index in [2.05, 4.69) is 59.6 Å². The summed E-state index contributed by atoms with van der Waals surface area (Å²) in [5.41, 5.74) is 9.29. The van der Waals surface area contributed by atoms with Crippen LogP contribution in [0.5, 0.6) is 0 Å². The van der Waals surface area contributed by atoms with Gasteiger partial charge in [0, 0.05) is 6.54 Å². The van der Waals surface area contributed by atoms with Crippen molar-refractivity contribution in [3.05, 3.63) is 51.3 Å². The first-order chi connectivity index (χ1) is 12.1. The SMILES string of the molecule is Nc1nc(Cl)nc2c1cc(Br)n2Cc1cccc(CN2CCCC2)c1. The van der Waals surface area contributed by atoms with Crippen LogP contribution in [0, 0.1) is 0 Å². The Labute approximate surface area is 159 Å². The Morgan fingerprint density at radius 1 is 1.08 bits per heavy atom. The fourth-order valence-electron chi connectivity index (χ4n) is 3.45. The zero-order valence-corrected chi connectivity index (χ0v) is 16.1. The van der Waals surface area contributed by atoms with Crippen molar-refractivity contribution >= 4 is 44.4 Å². The molecule has 3 heterocycles. The largest absolute Gasteiger partial charge is 0.383 e. The Hall–Kier alpha value is -1.63. The van der Waals surface area contributed by atoms with Crippen molar-refractivity contribution in [1.29, 1.82) is 0 Å². The third-order valence-electron chi connectivity index (χ3n) is 4.64. The van der Waals surface area contributed by atoms with Gasteiger partial charge in [-0.2, -0.15) is 4.98 Å². The van der Waals surface area contributed by atoms with Gasteiger partial charge in [0.05, 0.1) is 16.5 Å². The van der Waals surface area contributed by atoms with E-state index in [4.69, 9.17) is 17.3 Å². The van der Waals surface area contributed by atoms with E-state index in [0.717, 1.165) is 22.2 Å². The molecule has 2 N–H and O–H groups in total. The van der Waals surface area contributed by atoms with Crippen molar-refractivity contribution in [3.8, 4) is 0 Å². The predicted octanol–water partition coefficient (Wildman–Crippen LogP) is 4.07. The number of nitrogen functional groups attached to an aromatic ring is 1. The van der Waals surface area contributed by atoms with Gasteiger partial charge < -0.3 is 10.3 Å². The van der Waals surface area contributed by atoms with Crippen LogP contribution >= 0.6 is 27.5 Å². The molecule has 0 aliphatic carbocycles. The van der Waals surface area contributed by atoms with Gasteiger partial charge in [-0.15, -0.1) is 0 Å². The minimum atomic E-state index is 0.166. The van der Waals surface area contributed by atoms with Crippen LogP contribution in [0.1, 0.15) is 24.0 Å². The molecule has 130 valence electrons. The van der Waals surface area contributed by atoms with Crippen LogP contribution in [0.3, 0.4) is 0 Å². The number of anilines is 1. The molecule has 3 aromatic rings. The first-order valence-electron chi connectivity index (χ1n) is 8.38. The normalized spacial score (nSPS) is 15.3. The summed E-state index contributed by atoms with van der Waals surface area (Å²) in [5, 5.41) is 0.976. The van der Waals surface area contributed by atoms with Crippen LogP contribution in [-0.4, -0.2) is 32.5 Å². The number of hydrogen-bond donors (Lipinski definition) is 1. The molecule has 0 amide bonds. The monoisotopic (exact) mass is 419 g/mol. The average molecular weight is 421 g/mol. The molecular formula is C18H19BrClN5. The van der Waals surface area contributed by atoms with E-state index in [1.807, 2.05) is 6.07 Å². The van der Waals surface area contributed by atoms with Gasteiger partial charge in [-0.3, -0.25) is 4.90 Å². The van der Waals surface area contributed by atoms with Crippen LogP contribution in [0.15, 0.2) is 34.9 Å². The number of rotatable bonds is 4. The zero-order valence-electron chi connectivity index (χ0n) is 13.8. The van der Waals surface area contributed by atoms with Crippen LogP contribution in [0.2, 0.25) is 5.28 Å². The number of nitrogens with two attached hydrogens (primary N) is 1. The topological polar surface area (TPSA) is 60.0 Å². The molecule has 7 heteroatoms. The summed E-state index contributed by atoms with van der Waals surface area (Å²) < 4.78 is 2.98. The predicted molar refractivity (Wildman–Crippen MR) is 105 cm³/mol. The molecular weight excluding hydrogens is 402 g/mol. The highest BCUT2D eigenvalue weighted by Gasteiger charge is 2.15. The Morgan fingerprint density at radius 3 is 2.56 bits per heavy atom. The Morgan fingerprint density at radius 2 is 1.80 bits per heavy atom. The van der Waals surface area contributed by atoms with Crippen molar-refractivity contribution in [2.45, 2.75) is 25.9 Å². The molecule has 5 nitrogen and oxygen atoms in total. The van der Waals surface area contributed by atoms with Crippen molar-refractivity contribution in [1.82, 2.24) is 19.4 Å². The molecule has 0 radical (unpaired) electrons. The van der Waals surface area contributed by atoms with E-state index in [1.54, 1.807) is 0 Å². The Balaban J connectivity index is 1.64. The third kappa shape index (κ3) is 3.52. The molecule has 0 unspecified atom stereocenters. The molecule has 1 aliphatic rings. The van der Waals surface area contributed by atoms with E-state index < -0.39 is 0 Å². The summed E-state index contributed by atoms with van der Waals surface area (Å²) in [6.07, 6.45) is 2.62. The number of benzene rings is 1. The van der Waals surface area contributed by atoms with E-state index in [9.17, 15) is 0 Å². The van der Waals surface area contributed by atoms with E-state index in [-0.39, 0.29) is 5.28 Å². The molecule has 0 spiro atoms. The van der Waals surface area contributed by atoms with Crippen LogP contribution in [0.4, 0.5) is 5.82 Å². The maximum Gasteiger partial charge on any atom is 0.226 e. The molecule has 1 fully saturated rings. The van der Waals surface area contributed by atoms with Gasteiger partial charge in [-0.1, -0.05) is 24.3 Å². The number of halogens is 2. The van der Waals surface area contributed by atoms with Crippen LogP contribution in [-0.2, 0) is 13.1 Å². The van der Waals surface area contributed by atoms with Gasteiger partial charge in [0.2, 0.25) is 5.28 Å². The number of likely N-dealkylation sites (tertiary alicyclic amines) is 1. The summed E-state index contributed by atoms with van der Waals surface area (Å²) in [4.78, 5) is 10.9. The van der Waals surface area contributed by atoms with Gasteiger partial charge >= 0.3 is 0 Å². The lowest BCUT2D eigenvalue weighted by molar-refractivity contribution is 0.331. The lowest BCUT2D eigenvalue weighted by Gasteiger charge is -2.15. The molecule has 4 rings (SSSR count). The van der Waals surface area contributed by atoms with Gasteiger partial charge in [0.1, 0.15) is 11.5 Å². The highest BCUT2D eigenvalue weighted by Crippen LogP contribution is 2.28. The van der Waals surface area contributed by atoms with Gasteiger partial charge in [0.25, 0.3) is 0 Å². The highest BCUT2D eigenvalue weighted by molar-refractivity contribution is 9.10. The first-order valence-corrected chi connectivity index (χ1v) is 9.55. The molecule has 0 saturated carbocycles. The zero-order chi connectivity index (χ0) is 17.4. The Kier molecular flexibility index (Phi) is 4.67. The molecule has 25 heavy (non-hydrogen) atoms. The maximum atomic E-state index is 5.99. The standard InChI is InChI=1S/C18H19BrClN5/c19-15-9-14-16(21)22-18(20)23-17(14)25(15)11-13-5-3-4-12(8-13)10-24-6-1-2-7-24/h3-5,8-9H,1-2,6-7,10-11H2,(H2,21,22,23). The van der Waals surface area contributed by atoms with Crippen molar-refractivity contribution in [2.24, 2.45) is 0 Å². The van der Waals surface area contributed by atoms with E-state index >= 15 is 0 Å². The lowest BCUT2D eigenvalue weighted by Crippen LogP contribution is -2.18. The molecule has 1 aromatic carbocycles. The second kappa shape index (κ2) is 6.94. The number of aromatic nitrogens is 3. The summed E-state index contributed by atoms with van der Waals surface area (Å²) in [7, 11) is 0. The van der Waals surface area contributed by atoms with Gasteiger partial charge in [0.15, 0.2) is 0 Å². The maximum absolute atomic E-state index is 5.99. The van der Waals surface area contributed by atoms with Gasteiger partial charge in [-0.05, 0) is 70.7 Å². The fraction of sp³-hybridized carbons (Fsp3) is 0.333. The molecule has 0 bridgehead atoms. The number of hydrogen-bond acceptors (Lipinski definition) is 4. The third-order valence-corrected chi connectivity index (χ3v) is 5.47. The van der Waals surface area contributed by atoms with E-state index in [1.165, 1.54) is 37.1 Å².